The summed E-state index contributed by atoms with van der Waals surface area (Å²) < 4.78 is 33.2. The number of hydrogen-bond donors (Lipinski definition) is 2. The van der Waals surface area contributed by atoms with Crippen LogP contribution in [0, 0.1) is 0 Å². The van der Waals surface area contributed by atoms with E-state index >= 15 is 0 Å². The quantitative estimate of drug-likeness (QED) is 0.421. The molecule has 2 N–H and O–H groups in total. The van der Waals surface area contributed by atoms with Crippen LogP contribution >= 0.6 is 11.6 Å². The first-order valence-corrected chi connectivity index (χ1v) is 11.3. The number of hydrogen-bond acceptors (Lipinski definition) is 6. The van der Waals surface area contributed by atoms with Crippen molar-refractivity contribution in [3.63, 3.8) is 0 Å². The molecule has 0 saturated carbocycles. The fraction of sp³-hybridized carbons (Fsp3) is 0.0455. The largest absolute Gasteiger partial charge is 0.423 e. The molecule has 0 aliphatic carbocycles. The van der Waals surface area contributed by atoms with Gasteiger partial charge in [0.05, 0.1) is 5.02 Å². The van der Waals surface area contributed by atoms with E-state index in [1.54, 1.807) is 36.4 Å². The molecular formula is C22H17ClN4O4S. The number of halogens is 1. The highest BCUT2D eigenvalue weighted by atomic mass is 35.5. The van der Waals surface area contributed by atoms with Crippen molar-refractivity contribution in [3.05, 3.63) is 95.3 Å². The minimum atomic E-state index is -3.93. The van der Waals surface area contributed by atoms with Gasteiger partial charge in [-0.05, 0) is 48.0 Å². The molecule has 1 amide bonds. The summed E-state index contributed by atoms with van der Waals surface area (Å²) in [7, 11) is -3.93. The van der Waals surface area contributed by atoms with E-state index in [-0.39, 0.29) is 22.0 Å². The van der Waals surface area contributed by atoms with E-state index < -0.39 is 15.9 Å². The first kappa shape index (κ1) is 21.7. The molecule has 0 bridgehead atoms. The van der Waals surface area contributed by atoms with Crippen molar-refractivity contribution < 1.29 is 17.6 Å². The average Bonchev–Trinajstić information content (AvgIpc) is 3.34. The zero-order valence-corrected chi connectivity index (χ0v) is 18.1. The third-order valence-electron chi connectivity index (χ3n) is 4.54. The monoisotopic (exact) mass is 468 g/mol. The Hall–Kier alpha value is -3.53. The maximum Gasteiger partial charge on any atom is 0.255 e. The van der Waals surface area contributed by atoms with E-state index in [9.17, 15) is 13.2 Å². The minimum Gasteiger partial charge on any atom is -0.423 e. The van der Waals surface area contributed by atoms with Crippen molar-refractivity contribution in [2.75, 3.05) is 5.32 Å². The van der Waals surface area contributed by atoms with E-state index in [0.717, 1.165) is 5.56 Å². The van der Waals surface area contributed by atoms with Gasteiger partial charge in [-0.25, -0.2) is 13.1 Å². The number of amides is 1. The molecule has 32 heavy (non-hydrogen) atoms. The van der Waals surface area contributed by atoms with Gasteiger partial charge in [0.25, 0.3) is 5.91 Å². The summed E-state index contributed by atoms with van der Waals surface area (Å²) in [6.45, 7) is 0.0995. The van der Waals surface area contributed by atoms with Crippen molar-refractivity contribution in [1.82, 2.24) is 14.9 Å². The molecule has 4 rings (SSSR count). The van der Waals surface area contributed by atoms with Gasteiger partial charge in [-0.2, -0.15) is 0 Å². The van der Waals surface area contributed by atoms with Gasteiger partial charge in [0.15, 0.2) is 0 Å². The average molecular weight is 469 g/mol. The van der Waals surface area contributed by atoms with Gasteiger partial charge in [0, 0.05) is 23.4 Å². The van der Waals surface area contributed by atoms with E-state index in [1.807, 2.05) is 18.2 Å². The Labute approximate surface area is 189 Å². The van der Waals surface area contributed by atoms with Gasteiger partial charge in [-0.15, -0.1) is 10.2 Å². The predicted molar refractivity (Wildman–Crippen MR) is 120 cm³/mol. The Kier molecular flexibility index (Phi) is 6.31. The molecule has 0 saturated heterocycles. The topological polar surface area (TPSA) is 114 Å². The lowest BCUT2D eigenvalue weighted by Crippen LogP contribution is -2.24. The smallest absolute Gasteiger partial charge is 0.255 e. The van der Waals surface area contributed by atoms with Crippen LogP contribution in [0.3, 0.4) is 0 Å². The molecule has 3 aromatic carbocycles. The summed E-state index contributed by atoms with van der Waals surface area (Å²) in [5.74, 6) is -0.120. The number of nitrogens with zero attached hydrogens (tertiary/aromatic N) is 2. The molecule has 0 aliphatic heterocycles. The summed E-state index contributed by atoms with van der Waals surface area (Å²) in [6.07, 6.45) is 1.23. The zero-order valence-electron chi connectivity index (χ0n) is 16.5. The summed E-state index contributed by atoms with van der Waals surface area (Å²) in [5.41, 5.74) is 2.16. The number of nitrogens with one attached hydrogen (secondary N) is 2. The van der Waals surface area contributed by atoms with Gasteiger partial charge in [0.2, 0.25) is 22.3 Å². The van der Waals surface area contributed by atoms with Crippen molar-refractivity contribution >= 4 is 33.2 Å². The SMILES string of the molecule is O=C(Nc1ccc(-c2nnco2)cc1)c1ccc(Cl)c(S(=O)(=O)NCc2ccccc2)c1. The van der Waals surface area contributed by atoms with Crippen molar-refractivity contribution in [2.24, 2.45) is 0 Å². The van der Waals surface area contributed by atoms with Crippen LogP contribution in [0.25, 0.3) is 11.5 Å². The lowest BCUT2D eigenvalue weighted by Gasteiger charge is -2.11. The number of sulfonamides is 1. The van der Waals surface area contributed by atoms with Crippen LogP contribution in [0.15, 0.2) is 88.5 Å². The molecule has 0 atom stereocenters. The van der Waals surface area contributed by atoms with Gasteiger partial charge in [-0.3, -0.25) is 4.79 Å². The fourth-order valence-electron chi connectivity index (χ4n) is 2.90. The molecule has 0 aliphatic rings. The van der Waals surface area contributed by atoms with Crippen molar-refractivity contribution in [2.45, 2.75) is 11.4 Å². The number of carbonyl (C=O) groups excluding carboxylic acids is 1. The maximum absolute atomic E-state index is 12.8. The number of anilines is 1. The van der Waals surface area contributed by atoms with E-state index in [2.05, 4.69) is 20.2 Å². The van der Waals surface area contributed by atoms with Crippen LogP contribution in [0.4, 0.5) is 5.69 Å². The van der Waals surface area contributed by atoms with Crippen LogP contribution < -0.4 is 10.0 Å². The lowest BCUT2D eigenvalue weighted by molar-refractivity contribution is 0.102. The Bertz CT molecular complexity index is 1330. The highest BCUT2D eigenvalue weighted by Crippen LogP contribution is 2.24. The molecule has 4 aromatic rings. The van der Waals surface area contributed by atoms with Gasteiger partial charge >= 0.3 is 0 Å². The van der Waals surface area contributed by atoms with Gasteiger partial charge in [-0.1, -0.05) is 41.9 Å². The van der Waals surface area contributed by atoms with Crippen molar-refractivity contribution in [1.29, 1.82) is 0 Å². The number of benzene rings is 3. The summed E-state index contributed by atoms with van der Waals surface area (Å²) in [4.78, 5) is 12.5. The molecule has 162 valence electrons. The molecular weight excluding hydrogens is 452 g/mol. The van der Waals surface area contributed by atoms with E-state index in [1.165, 1.54) is 24.6 Å². The van der Waals surface area contributed by atoms with Crippen LogP contribution in [0.2, 0.25) is 5.02 Å². The molecule has 1 heterocycles. The Morgan fingerprint density at radius 1 is 1.00 bits per heavy atom. The molecule has 8 nitrogen and oxygen atoms in total. The fourth-order valence-corrected chi connectivity index (χ4v) is 4.44. The predicted octanol–water partition coefficient (Wildman–Crippen LogP) is 4.12. The zero-order chi connectivity index (χ0) is 22.6. The third kappa shape index (κ3) is 5.02. The summed E-state index contributed by atoms with van der Waals surface area (Å²) in [6, 6.07) is 19.9. The second-order valence-electron chi connectivity index (χ2n) is 6.73. The van der Waals surface area contributed by atoms with Crippen LogP contribution in [0.5, 0.6) is 0 Å². The molecule has 0 radical (unpaired) electrons. The first-order chi connectivity index (χ1) is 15.4. The standard InChI is InChI=1S/C22H17ClN4O4S/c23-19-11-8-17(12-20(19)32(29,30)25-13-15-4-2-1-3-5-15)21(28)26-18-9-6-16(7-10-18)22-27-24-14-31-22/h1-12,14,25H,13H2,(H,26,28). The first-order valence-electron chi connectivity index (χ1n) is 9.43. The maximum atomic E-state index is 12.8. The van der Waals surface area contributed by atoms with Crippen LogP contribution in [-0.4, -0.2) is 24.5 Å². The normalized spacial score (nSPS) is 11.3. The van der Waals surface area contributed by atoms with Crippen LogP contribution in [0.1, 0.15) is 15.9 Å². The Morgan fingerprint density at radius 3 is 2.44 bits per heavy atom. The second kappa shape index (κ2) is 9.31. The van der Waals surface area contributed by atoms with Crippen molar-refractivity contribution in [3.8, 4) is 11.5 Å². The number of carbonyl (C=O) groups is 1. The molecule has 10 heteroatoms. The molecule has 0 unspecified atom stereocenters. The van der Waals surface area contributed by atoms with Gasteiger partial charge in [0.1, 0.15) is 4.90 Å². The molecule has 1 aromatic heterocycles. The van der Waals surface area contributed by atoms with Gasteiger partial charge < -0.3 is 9.73 Å². The Balaban J connectivity index is 1.49. The van der Waals surface area contributed by atoms with E-state index in [0.29, 0.717) is 17.1 Å². The molecule has 0 fully saturated rings. The second-order valence-corrected chi connectivity index (χ2v) is 8.87. The highest BCUT2D eigenvalue weighted by molar-refractivity contribution is 7.89. The highest BCUT2D eigenvalue weighted by Gasteiger charge is 2.20. The third-order valence-corrected chi connectivity index (χ3v) is 6.42. The summed E-state index contributed by atoms with van der Waals surface area (Å²) in [5, 5.41) is 10.2. The van der Waals surface area contributed by atoms with Crippen LogP contribution in [-0.2, 0) is 16.6 Å². The molecule has 0 spiro atoms. The lowest BCUT2D eigenvalue weighted by atomic mass is 10.2. The Morgan fingerprint density at radius 2 is 1.75 bits per heavy atom. The minimum absolute atomic E-state index is 0.0195. The summed E-state index contributed by atoms with van der Waals surface area (Å²) >= 11 is 6.12. The number of rotatable bonds is 7. The number of aromatic nitrogens is 2. The van der Waals surface area contributed by atoms with E-state index in [4.69, 9.17) is 16.0 Å².